The van der Waals surface area contributed by atoms with E-state index in [0.717, 1.165) is 36.1 Å². The number of nitrogens with zero attached hydrogens (tertiary/aromatic N) is 5. The van der Waals surface area contributed by atoms with Gasteiger partial charge in [-0.05, 0) is 66.8 Å². The van der Waals surface area contributed by atoms with Crippen molar-refractivity contribution in [3.63, 3.8) is 0 Å². The summed E-state index contributed by atoms with van der Waals surface area (Å²) in [5.74, 6) is 5.74. The van der Waals surface area contributed by atoms with Crippen LogP contribution in [-0.2, 0) is 19.3 Å². The van der Waals surface area contributed by atoms with Crippen molar-refractivity contribution in [2.24, 2.45) is 0 Å². The molecule has 13 heteroatoms. The predicted octanol–water partition coefficient (Wildman–Crippen LogP) is 5.04. The van der Waals surface area contributed by atoms with E-state index >= 15 is 0 Å². The Morgan fingerprint density at radius 3 is 2.69 bits per heavy atom. The third-order valence-corrected chi connectivity index (χ3v) is 8.10. The average molecular weight is 657 g/mol. The second-order valence-corrected chi connectivity index (χ2v) is 11.6. The molecule has 6 rings (SSSR count). The minimum Gasteiger partial charge on any atom is -0.396 e. The number of rotatable bonds is 9. The Morgan fingerprint density at radius 1 is 1.06 bits per heavy atom. The fourth-order valence-electron chi connectivity index (χ4n) is 5.54. The number of aryl methyl sites for hydroxylation is 2. The van der Waals surface area contributed by atoms with Gasteiger partial charge in [0.1, 0.15) is 5.69 Å². The topological polar surface area (TPSA) is 112 Å². The van der Waals surface area contributed by atoms with Crippen LogP contribution in [0.3, 0.4) is 0 Å². The summed E-state index contributed by atoms with van der Waals surface area (Å²) >= 11 is 0. The molecule has 0 radical (unpaired) electrons. The summed E-state index contributed by atoms with van der Waals surface area (Å²) in [4.78, 5) is 19.7. The molecule has 1 aliphatic rings. The number of hydrogen-bond donors (Lipinski definition) is 4. The van der Waals surface area contributed by atoms with Crippen molar-refractivity contribution in [3.05, 3.63) is 107 Å². The van der Waals surface area contributed by atoms with Gasteiger partial charge in [0.05, 0.1) is 29.3 Å². The molecule has 1 fully saturated rings. The lowest BCUT2D eigenvalue weighted by molar-refractivity contribution is -0.138. The number of anilines is 3. The van der Waals surface area contributed by atoms with E-state index in [0.29, 0.717) is 43.0 Å². The van der Waals surface area contributed by atoms with E-state index in [4.69, 9.17) is 5.11 Å². The molecule has 0 atom stereocenters. The van der Waals surface area contributed by atoms with E-state index in [2.05, 4.69) is 37.9 Å². The number of aliphatic hydroxyl groups excluding tert-OH is 1. The van der Waals surface area contributed by atoms with Gasteiger partial charge in [0, 0.05) is 75.1 Å². The van der Waals surface area contributed by atoms with E-state index in [1.54, 1.807) is 35.3 Å². The number of pyridine rings is 1. The number of amides is 1. The SMILES string of the molecule is Cc1ccc(C(=O)Nc2ccc(CN3CCNCC3)c(C(F)(F)F)c2)cc1C#Cc1cnc2c(Nc3cnn(CCCO)c3)cccn12. The molecule has 4 N–H and O–H groups in total. The summed E-state index contributed by atoms with van der Waals surface area (Å²) < 4.78 is 45.7. The molecule has 3 aromatic heterocycles. The number of halogens is 3. The zero-order valence-corrected chi connectivity index (χ0v) is 26.3. The number of carbonyl (C=O) groups is 1. The third-order valence-electron chi connectivity index (χ3n) is 8.10. The first kappa shape index (κ1) is 32.8. The number of alkyl halides is 3. The van der Waals surface area contributed by atoms with Crippen LogP contribution in [0.1, 0.15) is 44.7 Å². The van der Waals surface area contributed by atoms with Crippen LogP contribution in [0.4, 0.5) is 30.2 Å². The van der Waals surface area contributed by atoms with Crippen molar-refractivity contribution in [3.8, 4) is 11.8 Å². The van der Waals surface area contributed by atoms with Crippen LogP contribution in [0.15, 0.2) is 73.3 Å². The van der Waals surface area contributed by atoms with Gasteiger partial charge in [0.15, 0.2) is 5.65 Å². The molecule has 10 nitrogen and oxygen atoms in total. The van der Waals surface area contributed by atoms with Gasteiger partial charge in [-0.2, -0.15) is 18.3 Å². The number of aliphatic hydroxyl groups is 1. The number of fused-ring (bicyclic) bond motifs is 1. The lowest BCUT2D eigenvalue weighted by Crippen LogP contribution is -2.43. The maximum absolute atomic E-state index is 14.0. The highest BCUT2D eigenvalue weighted by Crippen LogP contribution is 2.35. The molecule has 0 unspecified atom stereocenters. The number of benzene rings is 2. The minimum atomic E-state index is -4.56. The van der Waals surface area contributed by atoms with E-state index in [-0.39, 0.29) is 30.0 Å². The van der Waals surface area contributed by atoms with E-state index in [1.165, 1.54) is 12.1 Å². The molecule has 0 saturated carbocycles. The van der Waals surface area contributed by atoms with E-state index < -0.39 is 17.6 Å². The standard InChI is InChI=1S/C35H35F3N8O2/c1-24-5-6-26(34(48)43-28-9-7-27(31(19-28)35(36,37)38)22-44-15-11-39-12-16-44)18-25(24)8-10-30-21-40-33-32(4-2-14-46(30)33)42-29-20-41-45(23-29)13-3-17-47/h2,4-7,9,14,18-21,23,39,42,47H,3,11-13,15-17,22H2,1H3,(H,43,48). The molecule has 1 amide bonds. The molecular weight excluding hydrogens is 621 g/mol. The fourth-order valence-corrected chi connectivity index (χ4v) is 5.54. The molecule has 1 saturated heterocycles. The van der Waals surface area contributed by atoms with Gasteiger partial charge in [0.2, 0.25) is 0 Å². The molecule has 0 aliphatic carbocycles. The van der Waals surface area contributed by atoms with Crippen LogP contribution < -0.4 is 16.0 Å². The van der Waals surface area contributed by atoms with Crippen LogP contribution in [0.25, 0.3) is 5.65 Å². The highest BCUT2D eigenvalue weighted by Gasteiger charge is 2.34. The molecule has 248 valence electrons. The summed E-state index contributed by atoms with van der Waals surface area (Å²) in [5, 5.41) is 22.5. The highest BCUT2D eigenvalue weighted by atomic mass is 19.4. The quantitative estimate of drug-likeness (QED) is 0.165. The van der Waals surface area contributed by atoms with Crippen LogP contribution in [-0.4, -0.2) is 67.9 Å². The van der Waals surface area contributed by atoms with Crippen molar-refractivity contribution < 1.29 is 23.1 Å². The predicted molar refractivity (Wildman–Crippen MR) is 177 cm³/mol. The highest BCUT2D eigenvalue weighted by molar-refractivity contribution is 6.04. The number of nitrogens with one attached hydrogen (secondary N) is 3. The number of hydrogen-bond acceptors (Lipinski definition) is 7. The molecule has 4 heterocycles. The second kappa shape index (κ2) is 14.3. The summed E-state index contributed by atoms with van der Waals surface area (Å²) in [6.45, 7) is 5.57. The van der Waals surface area contributed by atoms with Crippen molar-refractivity contribution in [2.75, 3.05) is 43.4 Å². The smallest absolute Gasteiger partial charge is 0.396 e. The maximum Gasteiger partial charge on any atom is 0.416 e. The number of piperazine rings is 1. The Balaban J connectivity index is 1.18. The Bertz CT molecular complexity index is 1980. The molecular formula is C35H35F3N8O2. The number of aromatic nitrogens is 4. The van der Waals surface area contributed by atoms with Gasteiger partial charge < -0.3 is 21.1 Å². The Hall–Kier alpha value is -5.16. The largest absolute Gasteiger partial charge is 0.416 e. The van der Waals surface area contributed by atoms with Gasteiger partial charge in [0.25, 0.3) is 5.91 Å². The van der Waals surface area contributed by atoms with Gasteiger partial charge in [-0.15, -0.1) is 0 Å². The molecule has 0 bridgehead atoms. The molecule has 2 aromatic carbocycles. The first-order chi connectivity index (χ1) is 23.2. The minimum absolute atomic E-state index is 0.0669. The van der Waals surface area contributed by atoms with Crippen LogP contribution in [0.5, 0.6) is 0 Å². The molecule has 5 aromatic rings. The number of carbonyl (C=O) groups excluding carboxylic acids is 1. The normalized spacial score (nSPS) is 13.7. The summed E-state index contributed by atoms with van der Waals surface area (Å²) in [6, 6.07) is 12.7. The first-order valence-electron chi connectivity index (χ1n) is 15.6. The second-order valence-electron chi connectivity index (χ2n) is 11.6. The van der Waals surface area contributed by atoms with Crippen molar-refractivity contribution in [1.29, 1.82) is 0 Å². The molecule has 0 spiro atoms. The monoisotopic (exact) mass is 656 g/mol. The van der Waals surface area contributed by atoms with Crippen molar-refractivity contribution >= 4 is 28.6 Å². The molecule has 48 heavy (non-hydrogen) atoms. The number of imidazole rings is 1. The summed E-state index contributed by atoms with van der Waals surface area (Å²) in [7, 11) is 0. The Kier molecular flexibility index (Phi) is 9.77. The van der Waals surface area contributed by atoms with Crippen LogP contribution in [0.2, 0.25) is 0 Å². The summed E-state index contributed by atoms with van der Waals surface area (Å²) in [5.41, 5.74) is 4.02. The zero-order chi connectivity index (χ0) is 33.7. The van der Waals surface area contributed by atoms with Crippen molar-refractivity contribution in [2.45, 2.75) is 32.6 Å². The Labute approximate surface area is 275 Å². The van der Waals surface area contributed by atoms with Crippen molar-refractivity contribution in [1.82, 2.24) is 29.4 Å². The van der Waals surface area contributed by atoms with E-state index in [1.807, 2.05) is 40.8 Å². The van der Waals surface area contributed by atoms with Gasteiger partial charge in [-0.25, -0.2) is 4.98 Å². The third kappa shape index (κ3) is 7.69. The van der Waals surface area contributed by atoms with E-state index in [9.17, 15) is 18.0 Å². The van der Waals surface area contributed by atoms with Gasteiger partial charge in [-0.3, -0.25) is 18.8 Å². The molecule has 1 aliphatic heterocycles. The maximum atomic E-state index is 14.0. The zero-order valence-electron chi connectivity index (χ0n) is 26.3. The first-order valence-corrected chi connectivity index (χ1v) is 15.6. The van der Waals surface area contributed by atoms with Gasteiger partial charge in [-0.1, -0.05) is 18.1 Å². The Morgan fingerprint density at radius 2 is 1.90 bits per heavy atom. The lowest BCUT2D eigenvalue weighted by atomic mass is 10.0. The lowest BCUT2D eigenvalue weighted by Gasteiger charge is -2.28. The van der Waals surface area contributed by atoms with Gasteiger partial charge >= 0.3 is 6.18 Å². The van der Waals surface area contributed by atoms with Crippen LogP contribution in [0, 0.1) is 18.8 Å². The fraction of sp³-hybridized carbons (Fsp3) is 0.286. The average Bonchev–Trinajstić information content (AvgIpc) is 3.71. The summed E-state index contributed by atoms with van der Waals surface area (Å²) in [6.07, 6.45) is 3.12. The van der Waals surface area contributed by atoms with Crippen LogP contribution >= 0.6 is 0 Å².